The summed E-state index contributed by atoms with van der Waals surface area (Å²) in [7, 11) is 0. The van der Waals surface area contributed by atoms with Crippen LogP contribution in [0.1, 0.15) is 54.1 Å². The van der Waals surface area contributed by atoms with Crippen molar-refractivity contribution in [3.63, 3.8) is 0 Å². The molecule has 0 aliphatic carbocycles. The van der Waals surface area contributed by atoms with Crippen LogP contribution in [0.3, 0.4) is 0 Å². The third kappa shape index (κ3) is 2.99. The van der Waals surface area contributed by atoms with Crippen molar-refractivity contribution in [1.29, 1.82) is 0 Å². The second kappa shape index (κ2) is 7.09. The van der Waals surface area contributed by atoms with E-state index in [2.05, 4.69) is 0 Å². The molecule has 0 aliphatic rings. The SMILES string of the molecule is Cc1c(C)c(C(=O)c2ccccc2)c(C)c(C)c1C(=O)c1ccccc1. The summed E-state index contributed by atoms with van der Waals surface area (Å²) < 4.78 is 0. The molecule has 0 aromatic heterocycles. The van der Waals surface area contributed by atoms with Gasteiger partial charge in [-0.2, -0.15) is 0 Å². The molecule has 0 bridgehead atoms. The Morgan fingerprint density at radius 3 is 1.04 bits per heavy atom. The quantitative estimate of drug-likeness (QED) is 0.596. The third-order valence-corrected chi connectivity index (χ3v) is 5.15. The minimum atomic E-state index is 0.00510. The molecule has 0 unspecified atom stereocenters. The van der Waals surface area contributed by atoms with Gasteiger partial charge in [-0.25, -0.2) is 0 Å². The largest absolute Gasteiger partial charge is 0.289 e. The standard InChI is InChI=1S/C24H22O2/c1-15-16(2)22(24(26)20-13-9-6-10-14-20)18(4)17(3)21(15)23(25)19-11-7-5-8-12-19/h5-14H,1-4H3. The molecule has 2 heteroatoms. The van der Waals surface area contributed by atoms with Crippen LogP contribution in [0.15, 0.2) is 60.7 Å². The Labute approximate surface area is 154 Å². The fourth-order valence-corrected chi connectivity index (χ4v) is 3.46. The summed E-state index contributed by atoms with van der Waals surface area (Å²) in [6.07, 6.45) is 0. The molecule has 0 radical (unpaired) electrons. The van der Waals surface area contributed by atoms with Crippen LogP contribution in [0.4, 0.5) is 0 Å². The summed E-state index contributed by atoms with van der Waals surface area (Å²) in [5, 5.41) is 0. The van der Waals surface area contributed by atoms with Crippen molar-refractivity contribution in [3.05, 3.63) is 105 Å². The van der Waals surface area contributed by atoms with E-state index >= 15 is 0 Å². The predicted octanol–water partition coefficient (Wildman–Crippen LogP) is 5.38. The van der Waals surface area contributed by atoms with E-state index in [0.29, 0.717) is 22.3 Å². The fourth-order valence-electron chi connectivity index (χ4n) is 3.46. The molecule has 130 valence electrons. The predicted molar refractivity (Wildman–Crippen MR) is 105 cm³/mol. The highest BCUT2D eigenvalue weighted by atomic mass is 16.1. The van der Waals surface area contributed by atoms with Gasteiger partial charge in [0.1, 0.15) is 0 Å². The topological polar surface area (TPSA) is 34.1 Å². The van der Waals surface area contributed by atoms with Gasteiger partial charge in [0.25, 0.3) is 0 Å². The van der Waals surface area contributed by atoms with E-state index < -0.39 is 0 Å². The van der Waals surface area contributed by atoms with Gasteiger partial charge in [-0.1, -0.05) is 60.7 Å². The van der Waals surface area contributed by atoms with Crippen molar-refractivity contribution in [1.82, 2.24) is 0 Å². The van der Waals surface area contributed by atoms with Crippen molar-refractivity contribution in [2.24, 2.45) is 0 Å². The summed E-state index contributed by atoms with van der Waals surface area (Å²) in [5.41, 5.74) is 6.25. The lowest BCUT2D eigenvalue weighted by molar-refractivity contribution is 0.102. The molecule has 0 fully saturated rings. The zero-order chi connectivity index (χ0) is 18.8. The van der Waals surface area contributed by atoms with Crippen LogP contribution in [0, 0.1) is 27.7 Å². The lowest BCUT2D eigenvalue weighted by Crippen LogP contribution is -2.15. The molecule has 3 aromatic rings. The van der Waals surface area contributed by atoms with E-state index in [0.717, 1.165) is 22.3 Å². The van der Waals surface area contributed by atoms with E-state index in [4.69, 9.17) is 0 Å². The van der Waals surface area contributed by atoms with Gasteiger partial charge >= 0.3 is 0 Å². The van der Waals surface area contributed by atoms with Gasteiger partial charge in [0.15, 0.2) is 11.6 Å². The molecule has 0 aliphatic heterocycles. The first-order valence-corrected chi connectivity index (χ1v) is 8.73. The van der Waals surface area contributed by atoms with Gasteiger partial charge < -0.3 is 0 Å². The molecule has 0 heterocycles. The molecule has 0 spiro atoms. The maximum atomic E-state index is 13.1. The van der Waals surface area contributed by atoms with Crippen LogP contribution in [0.5, 0.6) is 0 Å². The molecule has 3 aromatic carbocycles. The average molecular weight is 342 g/mol. The zero-order valence-electron chi connectivity index (χ0n) is 15.6. The van der Waals surface area contributed by atoms with Gasteiger partial charge in [0.2, 0.25) is 0 Å². The van der Waals surface area contributed by atoms with Crippen LogP contribution >= 0.6 is 0 Å². The van der Waals surface area contributed by atoms with Crippen molar-refractivity contribution in [2.45, 2.75) is 27.7 Å². The Balaban J connectivity index is 2.18. The number of carbonyl (C=O) groups excluding carboxylic acids is 2. The molecule has 3 rings (SSSR count). The Bertz CT molecular complexity index is 872. The minimum Gasteiger partial charge on any atom is -0.289 e. The maximum Gasteiger partial charge on any atom is 0.193 e. The number of carbonyl (C=O) groups is 2. The molecule has 0 amide bonds. The number of rotatable bonds is 4. The van der Waals surface area contributed by atoms with Gasteiger partial charge in [-0.3, -0.25) is 9.59 Å². The molecule has 0 saturated heterocycles. The van der Waals surface area contributed by atoms with Crippen molar-refractivity contribution < 1.29 is 9.59 Å². The molecule has 0 atom stereocenters. The molecule has 0 saturated carbocycles. The first kappa shape index (κ1) is 17.8. The van der Waals surface area contributed by atoms with Crippen molar-refractivity contribution in [3.8, 4) is 0 Å². The highest BCUT2D eigenvalue weighted by Gasteiger charge is 2.24. The first-order chi connectivity index (χ1) is 12.4. The van der Waals surface area contributed by atoms with E-state index in [1.165, 1.54) is 0 Å². The Kier molecular flexibility index (Phi) is 4.85. The summed E-state index contributed by atoms with van der Waals surface area (Å²) in [6.45, 7) is 7.72. The minimum absolute atomic E-state index is 0.00510. The van der Waals surface area contributed by atoms with Crippen LogP contribution in [0.25, 0.3) is 0 Å². The van der Waals surface area contributed by atoms with E-state index in [9.17, 15) is 9.59 Å². The molecular formula is C24H22O2. The second-order valence-corrected chi connectivity index (χ2v) is 6.64. The maximum absolute atomic E-state index is 13.1. The van der Waals surface area contributed by atoms with Gasteiger partial charge in [-0.05, 0) is 49.9 Å². The van der Waals surface area contributed by atoms with E-state index in [1.54, 1.807) is 0 Å². The van der Waals surface area contributed by atoms with Crippen molar-refractivity contribution >= 4 is 11.6 Å². The lowest BCUT2D eigenvalue weighted by Gasteiger charge is -2.19. The van der Waals surface area contributed by atoms with Gasteiger partial charge in [0.05, 0.1) is 0 Å². The Hall–Kier alpha value is -3.00. The number of hydrogen-bond donors (Lipinski definition) is 0. The van der Waals surface area contributed by atoms with E-state index in [1.807, 2.05) is 88.4 Å². The smallest absolute Gasteiger partial charge is 0.193 e. The lowest BCUT2D eigenvalue weighted by atomic mass is 9.83. The summed E-state index contributed by atoms with van der Waals surface area (Å²) >= 11 is 0. The van der Waals surface area contributed by atoms with Gasteiger partial charge in [-0.15, -0.1) is 0 Å². The van der Waals surface area contributed by atoms with E-state index in [-0.39, 0.29) is 11.6 Å². The second-order valence-electron chi connectivity index (χ2n) is 6.64. The normalized spacial score (nSPS) is 10.6. The number of benzene rings is 3. The van der Waals surface area contributed by atoms with Crippen LogP contribution in [-0.4, -0.2) is 11.6 Å². The molecule has 2 nitrogen and oxygen atoms in total. The highest BCUT2D eigenvalue weighted by molar-refractivity contribution is 6.15. The first-order valence-electron chi connectivity index (χ1n) is 8.73. The van der Waals surface area contributed by atoms with Crippen LogP contribution < -0.4 is 0 Å². The fraction of sp³-hybridized carbons (Fsp3) is 0.167. The zero-order valence-corrected chi connectivity index (χ0v) is 15.6. The highest BCUT2D eigenvalue weighted by Crippen LogP contribution is 2.30. The number of ketones is 2. The van der Waals surface area contributed by atoms with Gasteiger partial charge in [0, 0.05) is 22.3 Å². The third-order valence-electron chi connectivity index (χ3n) is 5.15. The molecule has 26 heavy (non-hydrogen) atoms. The molecular weight excluding hydrogens is 320 g/mol. The summed E-state index contributed by atoms with van der Waals surface area (Å²) in [6, 6.07) is 18.6. The Morgan fingerprint density at radius 2 is 0.769 bits per heavy atom. The summed E-state index contributed by atoms with van der Waals surface area (Å²) in [4.78, 5) is 26.1. The molecule has 0 N–H and O–H groups in total. The average Bonchev–Trinajstić information content (AvgIpc) is 2.68. The number of hydrogen-bond acceptors (Lipinski definition) is 2. The van der Waals surface area contributed by atoms with Crippen LogP contribution in [0.2, 0.25) is 0 Å². The van der Waals surface area contributed by atoms with Crippen molar-refractivity contribution in [2.75, 3.05) is 0 Å². The van der Waals surface area contributed by atoms with Crippen LogP contribution in [-0.2, 0) is 0 Å². The monoisotopic (exact) mass is 342 g/mol. The Morgan fingerprint density at radius 1 is 0.500 bits per heavy atom. The summed E-state index contributed by atoms with van der Waals surface area (Å²) in [5.74, 6) is 0.0102.